The second-order valence-corrected chi connectivity index (χ2v) is 18.3. The minimum absolute atomic E-state index is 0.223. The second-order valence-electron chi connectivity index (χ2n) is 13.5. The molecule has 36 heavy (non-hydrogen) atoms. The number of pyridine rings is 1. The molecular formula is C34H47NS. The molecule has 1 nitrogen and oxygen atoms in total. The summed E-state index contributed by atoms with van der Waals surface area (Å²) in [6.07, 6.45) is 15.5. The lowest BCUT2D eigenvalue weighted by Gasteiger charge is -2.57. The molecule has 0 unspecified atom stereocenters. The van der Waals surface area contributed by atoms with E-state index in [0.29, 0.717) is 0 Å². The summed E-state index contributed by atoms with van der Waals surface area (Å²) in [6.45, 7) is 14.6. The third-order valence-corrected chi connectivity index (χ3v) is 15.7. The Balaban J connectivity index is 1.64. The molecule has 5 rings (SSSR count). The fourth-order valence-electron chi connectivity index (χ4n) is 7.07. The highest BCUT2D eigenvalue weighted by atomic mass is 32.3. The Hall–Kier alpha value is -1.80. The first kappa shape index (κ1) is 25.8. The van der Waals surface area contributed by atoms with Crippen molar-refractivity contribution < 1.29 is 0 Å². The van der Waals surface area contributed by atoms with Gasteiger partial charge in [0, 0.05) is 17.1 Å². The van der Waals surface area contributed by atoms with Crippen molar-refractivity contribution in [1.82, 2.24) is 4.98 Å². The Kier molecular flexibility index (Phi) is 6.82. The zero-order valence-electron chi connectivity index (χ0n) is 23.8. The lowest BCUT2D eigenvalue weighted by Crippen LogP contribution is -2.37. The normalized spacial score (nSPS) is 18.9. The molecule has 2 saturated carbocycles. The van der Waals surface area contributed by atoms with Crippen LogP contribution < -0.4 is 0 Å². The summed E-state index contributed by atoms with van der Waals surface area (Å²) >= 11 is 0. The van der Waals surface area contributed by atoms with Gasteiger partial charge in [-0.05, 0) is 105 Å². The standard InChI is InChI=1S/C34H47NS/c1-33(2,3)36(7,34(4,5)6)30-16-17-31-26(23-30)18-19-35-32(31)29-21-27(24-12-8-9-13-24)20-28(22-29)25-14-10-11-15-25/h16-25H,8-15H2,1-7H3. The minimum Gasteiger partial charge on any atom is -0.256 e. The molecule has 2 aliphatic rings. The van der Waals surface area contributed by atoms with Crippen LogP contribution in [0.5, 0.6) is 0 Å². The molecule has 194 valence electrons. The van der Waals surface area contributed by atoms with Crippen LogP contribution in [0.3, 0.4) is 0 Å². The fourth-order valence-corrected chi connectivity index (χ4v) is 11.0. The van der Waals surface area contributed by atoms with Gasteiger partial charge < -0.3 is 0 Å². The number of hydrogen-bond donors (Lipinski definition) is 0. The number of fused-ring (bicyclic) bond motifs is 1. The van der Waals surface area contributed by atoms with Crippen LogP contribution in [0.15, 0.2) is 53.6 Å². The van der Waals surface area contributed by atoms with Gasteiger partial charge in [0.05, 0.1) is 5.69 Å². The molecule has 0 N–H and O–H groups in total. The molecule has 0 amide bonds. The number of hydrogen-bond acceptors (Lipinski definition) is 1. The van der Waals surface area contributed by atoms with Crippen LogP contribution in [0.1, 0.15) is 116 Å². The van der Waals surface area contributed by atoms with E-state index in [1.54, 1.807) is 11.1 Å². The number of rotatable bonds is 4. The van der Waals surface area contributed by atoms with Crippen LogP contribution in [0.25, 0.3) is 22.0 Å². The van der Waals surface area contributed by atoms with Crippen molar-refractivity contribution >= 4 is 20.8 Å². The molecule has 0 radical (unpaired) electrons. The van der Waals surface area contributed by atoms with E-state index in [0.717, 1.165) is 11.8 Å². The largest absolute Gasteiger partial charge is 0.256 e. The number of benzene rings is 2. The molecule has 0 atom stereocenters. The highest BCUT2D eigenvalue weighted by Gasteiger charge is 2.43. The summed E-state index contributed by atoms with van der Waals surface area (Å²) in [7, 11) is -1.07. The van der Waals surface area contributed by atoms with Crippen molar-refractivity contribution in [3.05, 3.63) is 59.8 Å². The van der Waals surface area contributed by atoms with Crippen molar-refractivity contribution in [2.24, 2.45) is 0 Å². The Labute approximate surface area is 221 Å². The molecule has 3 aromatic rings. The second kappa shape index (κ2) is 9.50. The third-order valence-electron chi connectivity index (χ3n) is 9.56. The van der Waals surface area contributed by atoms with E-state index in [1.807, 2.05) is 6.20 Å². The van der Waals surface area contributed by atoms with E-state index in [9.17, 15) is 0 Å². The molecule has 1 heterocycles. The summed E-state index contributed by atoms with van der Waals surface area (Å²) in [5.74, 6) is 1.46. The summed E-state index contributed by atoms with van der Waals surface area (Å²) in [4.78, 5) is 6.52. The predicted molar refractivity (Wildman–Crippen MR) is 161 cm³/mol. The summed E-state index contributed by atoms with van der Waals surface area (Å²) in [5.41, 5.74) is 5.64. The maximum atomic E-state index is 5.01. The SMILES string of the molecule is CC(C)(C)S(C)(c1ccc2c(-c3cc(C4CCCC4)cc(C4CCCC4)c3)nccc2c1)C(C)(C)C. The maximum Gasteiger partial charge on any atom is 0.0780 e. The van der Waals surface area contributed by atoms with E-state index in [4.69, 9.17) is 4.98 Å². The van der Waals surface area contributed by atoms with Crippen molar-refractivity contribution in [2.45, 2.75) is 119 Å². The van der Waals surface area contributed by atoms with Crippen LogP contribution in [0, 0.1) is 0 Å². The van der Waals surface area contributed by atoms with Gasteiger partial charge >= 0.3 is 0 Å². The van der Waals surface area contributed by atoms with Gasteiger partial charge in [0.1, 0.15) is 0 Å². The predicted octanol–water partition coefficient (Wildman–Crippen LogP) is 10.6. The monoisotopic (exact) mass is 501 g/mol. The lowest BCUT2D eigenvalue weighted by atomic mass is 9.87. The van der Waals surface area contributed by atoms with E-state index >= 15 is 0 Å². The molecule has 2 aromatic carbocycles. The molecule has 0 spiro atoms. The third kappa shape index (κ3) is 4.53. The van der Waals surface area contributed by atoms with Crippen molar-refractivity contribution in [1.29, 1.82) is 0 Å². The van der Waals surface area contributed by atoms with Crippen LogP contribution in [-0.4, -0.2) is 20.7 Å². The highest BCUT2D eigenvalue weighted by molar-refractivity contribution is 8.35. The lowest BCUT2D eigenvalue weighted by molar-refractivity contribution is 0.701. The molecular weight excluding hydrogens is 454 g/mol. The first-order chi connectivity index (χ1) is 17.0. The molecule has 0 aliphatic heterocycles. The molecule has 2 heteroatoms. The molecule has 1 aromatic heterocycles. The van der Waals surface area contributed by atoms with Crippen molar-refractivity contribution in [3.63, 3.8) is 0 Å². The van der Waals surface area contributed by atoms with Gasteiger partial charge in [-0.3, -0.25) is 4.98 Å². The van der Waals surface area contributed by atoms with Gasteiger partial charge in [0.25, 0.3) is 0 Å². The molecule has 2 aliphatic carbocycles. The number of nitrogens with zero attached hydrogens (tertiary/aromatic N) is 1. The fraction of sp³-hybridized carbons (Fsp3) is 0.559. The average molecular weight is 502 g/mol. The zero-order valence-corrected chi connectivity index (χ0v) is 24.6. The van der Waals surface area contributed by atoms with Crippen LogP contribution in [0.2, 0.25) is 0 Å². The van der Waals surface area contributed by atoms with Gasteiger partial charge in [0.2, 0.25) is 0 Å². The van der Waals surface area contributed by atoms with Crippen molar-refractivity contribution in [2.75, 3.05) is 6.26 Å². The summed E-state index contributed by atoms with van der Waals surface area (Å²) in [6, 6.07) is 17.1. The first-order valence-corrected chi connectivity index (χ1v) is 16.3. The minimum atomic E-state index is -1.07. The van der Waals surface area contributed by atoms with Crippen molar-refractivity contribution in [3.8, 4) is 11.3 Å². The van der Waals surface area contributed by atoms with Gasteiger partial charge in [-0.2, -0.15) is 0 Å². The Bertz CT molecular complexity index is 1180. The van der Waals surface area contributed by atoms with Crippen LogP contribution in [-0.2, 0) is 0 Å². The topological polar surface area (TPSA) is 12.9 Å². The Morgan fingerprint density at radius 1 is 0.694 bits per heavy atom. The zero-order chi connectivity index (χ0) is 25.7. The van der Waals surface area contributed by atoms with Crippen LogP contribution >= 0.6 is 10.0 Å². The van der Waals surface area contributed by atoms with Gasteiger partial charge in [-0.25, -0.2) is 10.0 Å². The Morgan fingerprint density at radius 3 is 1.72 bits per heavy atom. The maximum absolute atomic E-state index is 5.01. The first-order valence-electron chi connectivity index (χ1n) is 14.3. The van der Waals surface area contributed by atoms with E-state index < -0.39 is 10.0 Å². The average Bonchev–Trinajstić information content (AvgIpc) is 3.56. The summed E-state index contributed by atoms with van der Waals surface area (Å²) in [5, 5.41) is 2.63. The van der Waals surface area contributed by atoms with Gasteiger partial charge in [-0.15, -0.1) is 0 Å². The molecule has 0 saturated heterocycles. The quantitative estimate of drug-likeness (QED) is 0.346. The van der Waals surface area contributed by atoms with Gasteiger partial charge in [0.15, 0.2) is 0 Å². The molecule has 0 bridgehead atoms. The molecule has 2 fully saturated rings. The van der Waals surface area contributed by atoms with Crippen LogP contribution in [0.4, 0.5) is 0 Å². The summed E-state index contributed by atoms with van der Waals surface area (Å²) < 4.78 is 0.446. The van der Waals surface area contributed by atoms with E-state index in [1.165, 1.54) is 78.3 Å². The van der Waals surface area contributed by atoms with E-state index in [2.05, 4.69) is 90.3 Å². The number of aromatic nitrogens is 1. The van der Waals surface area contributed by atoms with E-state index in [-0.39, 0.29) is 9.49 Å². The highest BCUT2D eigenvalue weighted by Crippen LogP contribution is 2.70. The Morgan fingerprint density at radius 2 is 1.22 bits per heavy atom. The van der Waals surface area contributed by atoms with Gasteiger partial charge in [-0.1, -0.05) is 79.4 Å². The smallest absolute Gasteiger partial charge is 0.0780 e.